The molecule has 0 saturated carbocycles. The van der Waals surface area contributed by atoms with Crippen LogP contribution in [0.5, 0.6) is 11.5 Å². The topological polar surface area (TPSA) is 86.0 Å². The van der Waals surface area contributed by atoms with E-state index in [0.717, 1.165) is 5.56 Å². The van der Waals surface area contributed by atoms with Gasteiger partial charge in [-0.1, -0.05) is 66.7 Å². The first-order valence-corrected chi connectivity index (χ1v) is 11.0. The molecule has 0 unspecified atom stereocenters. The predicted octanol–water partition coefficient (Wildman–Crippen LogP) is 4.42. The number of rotatable bonds is 9. The molecule has 0 bridgehead atoms. The van der Waals surface area contributed by atoms with Crippen LogP contribution in [-0.4, -0.2) is 35.2 Å². The summed E-state index contributed by atoms with van der Waals surface area (Å²) in [5.74, 6) is 1.16. The van der Waals surface area contributed by atoms with Crippen LogP contribution in [0.4, 0.5) is 0 Å². The number of para-hydroxylation sites is 2. The molecule has 6 nitrogen and oxygen atoms in total. The van der Waals surface area contributed by atoms with Crippen molar-refractivity contribution >= 4 is 8.53 Å². The van der Waals surface area contributed by atoms with E-state index in [1.54, 1.807) is 18.9 Å². The summed E-state index contributed by atoms with van der Waals surface area (Å²) in [7, 11) is 0.563. The Morgan fingerprint density at radius 2 is 1.32 bits per heavy atom. The van der Waals surface area contributed by atoms with E-state index in [-0.39, 0.29) is 13.0 Å². The van der Waals surface area contributed by atoms with Crippen LogP contribution in [0.25, 0.3) is 0 Å². The Hall–Kier alpha value is -2.94. The minimum atomic E-state index is -2.60. The summed E-state index contributed by atoms with van der Waals surface area (Å²) >= 11 is 0. The lowest BCUT2D eigenvalue weighted by atomic mass is 9.76. The number of nitrogens with zero attached hydrogens (tertiary/aromatic N) is 2. The van der Waals surface area contributed by atoms with Crippen LogP contribution in [0.2, 0.25) is 0 Å². The van der Waals surface area contributed by atoms with Crippen molar-refractivity contribution in [2.24, 2.45) is 0 Å². The summed E-state index contributed by atoms with van der Waals surface area (Å²) in [5, 5.41) is 9.29. The maximum atomic E-state index is 10.6. The lowest BCUT2D eigenvalue weighted by molar-refractivity contribution is 0.231. The average Bonchev–Trinajstić information content (AvgIpc) is 2.82. The zero-order chi connectivity index (χ0) is 22.3. The number of methoxy groups -OCH3 is 2. The fourth-order valence-electron chi connectivity index (χ4n) is 4.00. The summed E-state index contributed by atoms with van der Waals surface area (Å²) in [6.45, 7) is 0.125. The highest BCUT2D eigenvalue weighted by Gasteiger charge is 2.48. The molecule has 160 valence electrons. The minimum Gasteiger partial charge on any atom is -0.496 e. The fraction of sp³-hybridized carbons (Fsp3) is 0.208. The highest BCUT2D eigenvalue weighted by molar-refractivity contribution is 7.42. The Bertz CT molecular complexity index is 990. The summed E-state index contributed by atoms with van der Waals surface area (Å²) < 4.78 is 13.0. The zero-order valence-electron chi connectivity index (χ0n) is 17.5. The Labute approximate surface area is 183 Å². The second-order valence-corrected chi connectivity index (χ2v) is 7.80. The smallest absolute Gasteiger partial charge is 0.254 e. The van der Waals surface area contributed by atoms with Gasteiger partial charge in [0, 0.05) is 24.1 Å². The molecule has 3 rings (SSSR count). The van der Waals surface area contributed by atoms with Gasteiger partial charge in [-0.25, -0.2) is 4.67 Å². The van der Waals surface area contributed by atoms with Gasteiger partial charge >= 0.3 is 0 Å². The van der Waals surface area contributed by atoms with Crippen LogP contribution in [0.15, 0.2) is 78.9 Å². The molecule has 0 spiro atoms. The first-order valence-electron chi connectivity index (χ1n) is 9.76. The van der Waals surface area contributed by atoms with Gasteiger partial charge in [-0.05, 0) is 17.7 Å². The molecule has 0 radical (unpaired) electrons. The molecule has 0 aromatic heterocycles. The third-order valence-electron chi connectivity index (χ3n) is 5.22. The molecule has 3 aromatic rings. The van der Waals surface area contributed by atoms with Crippen LogP contribution < -0.4 is 9.47 Å². The lowest BCUT2D eigenvalue weighted by Gasteiger charge is -2.45. The monoisotopic (exact) mass is 436 g/mol. The molecule has 0 atom stereocenters. The fourth-order valence-corrected chi connectivity index (χ4v) is 4.87. The van der Waals surface area contributed by atoms with Crippen LogP contribution in [0.1, 0.15) is 23.1 Å². The number of hydrogen-bond donors (Lipinski definition) is 2. The third-order valence-corrected chi connectivity index (χ3v) is 6.16. The molecule has 0 saturated heterocycles. The quantitative estimate of drug-likeness (QED) is 0.381. The van der Waals surface area contributed by atoms with Gasteiger partial charge in [-0.3, -0.25) is 0 Å². The number of ether oxygens (including phenoxy) is 2. The molecular formula is C24H25N2O4P. The van der Waals surface area contributed by atoms with Crippen molar-refractivity contribution in [1.29, 1.82) is 5.26 Å². The van der Waals surface area contributed by atoms with E-state index < -0.39 is 14.1 Å². The molecule has 0 aliphatic carbocycles. The zero-order valence-corrected chi connectivity index (χ0v) is 18.4. The van der Waals surface area contributed by atoms with Gasteiger partial charge in [0.05, 0.1) is 20.3 Å². The van der Waals surface area contributed by atoms with E-state index >= 15 is 0 Å². The molecular weight excluding hydrogens is 411 g/mol. The van der Waals surface area contributed by atoms with Crippen molar-refractivity contribution < 1.29 is 19.3 Å². The van der Waals surface area contributed by atoms with E-state index in [1.165, 1.54) is 0 Å². The average molecular weight is 436 g/mol. The van der Waals surface area contributed by atoms with E-state index in [2.05, 4.69) is 6.07 Å². The summed E-state index contributed by atoms with van der Waals surface area (Å²) in [4.78, 5) is 21.3. The second-order valence-electron chi connectivity index (χ2n) is 6.78. The van der Waals surface area contributed by atoms with Crippen LogP contribution in [-0.2, 0) is 5.54 Å². The maximum absolute atomic E-state index is 10.6. The second kappa shape index (κ2) is 10.4. The number of hydrogen-bond acceptors (Lipinski definition) is 6. The molecule has 0 fully saturated rings. The standard InChI is InChI=1S/C24H25N2O4P/c1-29-22-15-8-6-13-20(22)24(19-11-4-3-5-12-19,26(31(27)28)18-10-17-25)21-14-7-9-16-23(21)30-2/h3-9,11-16,27-28H,10,18H2,1-2H3. The third kappa shape index (κ3) is 4.27. The van der Waals surface area contributed by atoms with Crippen molar-refractivity contribution in [3.8, 4) is 17.6 Å². The molecule has 7 heteroatoms. The first kappa shape index (κ1) is 22.7. The van der Waals surface area contributed by atoms with Crippen LogP contribution >= 0.6 is 8.53 Å². The Balaban J connectivity index is 2.52. The van der Waals surface area contributed by atoms with Gasteiger partial charge in [0.1, 0.15) is 17.0 Å². The van der Waals surface area contributed by atoms with Crippen molar-refractivity contribution in [1.82, 2.24) is 4.67 Å². The van der Waals surface area contributed by atoms with Gasteiger partial charge in [0.2, 0.25) is 0 Å². The van der Waals surface area contributed by atoms with Crippen LogP contribution in [0, 0.1) is 11.3 Å². The van der Waals surface area contributed by atoms with Crippen molar-refractivity contribution in [3.63, 3.8) is 0 Å². The van der Waals surface area contributed by atoms with E-state index in [9.17, 15) is 15.0 Å². The Morgan fingerprint density at radius 3 is 1.77 bits per heavy atom. The summed E-state index contributed by atoms with van der Waals surface area (Å²) in [5.41, 5.74) is 1.02. The molecule has 0 aliphatic rings. The van der Waals surface area contributed by atoms with Gasteiger partial charge in [0.25, 0.3) is 8.53 Å². The van der Waals surface area contributed by atoms with Gasteiger partial charge < -0.3 is 19.3 Å². The molecule has 0 aliphatic heterocycles. The predicted molar refractivity (Wildman–Crippen MR) is 121 cm³/mol. The maximum Gasteiger partial charge on any atom is 0.254 e. The highest BCUT2D eigenvalue weighted by atomic mass is 31.2. The minimum absolute atomic E-state index is 0.110. The van der Waals surface area contributed by atoms with E-state index in [4.69, 9.17) is 9.47 Å². The van der Waals surface area contributed by atoms with Crippen molar-refractivity contribution in [2.45, 2.75) is 12.0 Å². The van der Waals surface area contributed by atoms with Crippen molar-refractivity contribution in [3.05, 3.63) is 95.6 Å². The van der Waals surface area contributed by atoms with Crippen molar-refractivity contribution in [2.75, 3.05) is 20.8 Å². The van der Waals surface area contributed by atoms with Gasteiger partial charge in [-0.15, -0.1) is 0 Å². The first-order chi connectivity index (χ1) is 15.1. The molecule has 3 aromatic carbocycles. The summed E-state index contributed by atoms with van der Waals surface area (Å²) in [6.07, 6.45) is 0.110. The van der Waals surface area contributed by atoms with Crippen LogP contribution in [0.3, 0.4) is 0 Å². The number of benzene rings is 3. The molecule has 2 N–H and O–H groups in total. The van der Waals surface area contributed by atoms with E-state index in [1.807, 2.05) is 78.9 Å². The Kier molecular flexibility index (Phi) is 7.62. The lowest BCUT2D eigenvalue weighted by Crippen LogP contribution is -2.46. The normalized spacial score (nSPS) is 11.4. The molecule has 31 heavy (non-hydrogen) atoms. The highest BCUT2D eigenvalue weighted by Crippen LogP contribution is 2.55. The van der Waals surface area contributed by atoms with Gasteiger partial charge in [-0.2, -0.15) is 5.26 Å². The molecule has 0 amide bonds. The van der Waals surface area contributed by atoms with Gasteiger partial charge in [0.15, 0.2) is 0 Å². The molecule has 0 heterocycles. The van der Waals surface area contributed by atoms with E-state index in [0.29, 0.717) is 22.6 Å². The number of nitriles is 1. The largest absolute Gasteiger partial charge is 0.496 e. The SMILES string of the molecule is COc1ccccc1C(c1ccccc1)(c1ccccc1OC)N(CCC#N)P(O)O. The Morgan fingerprint density at radius 1 is 0.839 bits per heavy atom. The summed E-state index contributed by atoms with van der Waals surface area (Å²) in [6, 6.07) is 26.6.